The first kappa shape index (κ1) is 15.6. The van der Waals surface area contributed by atoms with Gasteiger partial charge in [0.05, 0.1) is 11.8 Å². The minimum atomic E-state index is -0.901. The van der Waals surface area contributed by atoms with Gasteiger partial charge in [0, 0.05) is 31.0 Å². The molecule has 2 rings (SSSR count). The molecule has 0 fully saturated rings. The lowest BCUT2D eigenvalue weighted by molar-refractivity contribution is 0.0977. The van der Waals surface area contributed by atoms with Gasteiger partial charge in [-0.1, -0.05) is 6.07 Å². The first-order valence-corrected chi connectivity index (χ1v) is 7.27. The molecule has 0 amide bonds. The molecule has 2 aromatic rings. The fourth-order valence-corrected chi connectivity index (χ4v) is 2.24. The third kappa shape index (κ3) is 3.29. The number of pyridine rings is 2. The number of hydrogen-bond donors (Lipinski definition) is 0. The molecular formula is C17H18N4O. The lowest BCUT2D eigenvalue weighted by Gasteiger charge is -2.19. The number of anilines is 1. The smallest absolute Gasteiger partial charge is 0.187 e. The zero-order valence-electron chi connectivity index (χ0n) is 12.7. The average Bonchev–Trinajstić information content (AvgIpc) is 2.58. The van der Waals surface area contributed by atoms with Crippen LogP contribution in [0.25, 0.3) is 0 Å². The number of rotatable bonds is 6. The Morgan fingerprint density at radius 1 is 1.23 bits per heavy atom. The highest BCUT2D eigenvalue weighted by molar-refractivity contribution is 6.02. The molecule has 0 saturated heterocycles. The lowest BCUT2D eigenvalue weighted by atomic mass is 9.96. The van der Waals surface area contributed by atoms with Gasteiger partial charge >= 0.3 is 0 Å². The van der Waals surface area contributed by atoms with E-state index >= 15 is 0 Å². The predicted octanol–water partition coefficient (Wildman–Crippen LogP) is 2.81. The molecule has 0 aromatic carbocycles. The van der Waals surface area contributed by atoms with Crippen LogP contribution in [0.3, 0.4) is 0 Å². The second-order valence-electron chi connectivity index (χ2n) is 4.76. The van der Waals surface area contributed by atoms with Crippen LogP contribution in [0.5, 0.6) is 0 Å². The fraction of sp³-hybridized carbons (Fsp3) is 0.294. The molecule has 1 atom stereocenters. The minimum Gasteiger partial charge on any atom is -0.357 e. The Balaban J connectivity index is 2.24. The highest BCUT2D eigenvalue weighted by Crippen LogP contribution is 2.19. The quantitative estimate of drug-likeness (QED) is 0.766. The number of nitrogens with zero attached hydrogens (tertiary/aromatic N) is 4. The van der Waals surface area contributed by atoms with E-state index in [-0.39, 0.29) is 5.78 Å². The van der Waals surface area contributed by atoms with E-state index in [1.54, 1.807) is 30.5 Å². The molecule has 5 nitrogen and oxygen atoms in total. The van der Waals surface area contributed by atoms with Crippen molar-refractivity contribution < 1.29 is 4.79 Å². The van der Waals surface area contributed by atoms with Crippen LogP contribution in [-0.2, 0) is 0 Å². The van der Waals surface area contributed by atoms with Gasteiger partial charge in [-0.15, -0.1) is 0 Å². The molecule has 2 aromatic heterocycles. The summed E-state index contributed by atoms with van der Waals surface area (Å²) >= 11 is 0. The summed E-state index contributed by atoms with van der Waals surface area (Å²) in [5, 5.41) is 9.29. The van der Waals surface area contributed by atoms with Crippen molar-refractivity contribution in [2.75, 3.05) is 18.0 Å². The molecule has 0 radical (unpaired) electrons. The minimum absolute atomic E-state index is 0.278. The Kier molecular flexibility index (Phi) is 5.21. The third-order valence-electron chi connectivity index (χ3n) is 3.49. The maximum absolute atomic E-state index is 12.5. The summed E-state index contributed by atoms with van der Waals surface area (Å²) < 4.78 is 0. The van der Waals surface area contributed by atoms with E-state index in [1.807, 2.05) is 12.1 Å². The van der Waals surface area contributed by atoms with Crippen molar-refractivity contribution in [1.82, 2.24) is 9.97 Å². The summed E-state index contributed by atoms with van der Waals surface area (Å²) in [7, 11) is 0. The summed E-state index contributed by atoms with van der Waals surface area (Å²) in [5.74, 6) is -0.352. The Hall–Kier alpha value is -2.74. The number of Topliss-reactive ketones (excluding diaryl/α,β-unsaturated/α-hetero) is 1. The van der Waals surface area contributed by atoms with Gasteiger partial charge in [0.15, 0.2) is 11.7 Å². The van der Waals surface area contributed by atoms with Crippen LogP contribution < -0.4 is 4.90 Å². The van der Waals surface area contributed by atoms with Crippen LogP contribution in [0, 0.1) is 11.3 Å². The zero-order chi connectivity index (χ0) is 15.9. The van der Waals surface area contributed by atoms with Crippen LogP contribution in [0.2, 0.25) is 0 Å². The van der Waals surface area contributed by atoms with Gasteiger partial charge in [0.2, 0.25) is 0 Å². The van der Waals surface area contributed by atoms with E-state index in [0.29, 0.717) is 11.3 Å². The molecule has 5 heteroatoms. The van der Waals surface area contributed by atoms with Crippen LogP contribution in [0.4, 0.5) is 5.82 Å². The van der Waals surface area contributed by atoms with Crippen molar-refractivity contribution in [3.05, 3.63) is 54.0 Å². The summed E-state index contributed by atoms with van der Waals surface area (Å²) in [5.41, 5.74) is 0.885. The van der Waals surface area contributed by atoms with Crippen LogP contribution in [-0.4, -0.2) is 28.8 Å². The first-order chi connectivity index (χ1) is 10.7. The summed E-state index contributed by atoms with van der Waals surface area (Å²) in [6.45, 7) is 5.81. The second kappa shape index (κ2) is 7.32. The predicted molar refractivity (Wildman–Crippen MR) is 84.7 cm³/mol. The largest absolute Gasteiger partial charge is 0.357 e. The molecule has 0 saturated carbocycles. The van der Waals surface area contributed by atoms with E-state index in [9.17, 15) is 10.1 Å². The number of nitriles is 1. The van der Waals surface area contributed by atoms with E-state index in [4.69, 9.17) is 0 Å². The maximum atomic E-state index is 12.5. The van der Waals surface area contributed by atoms with E-state index in [0.717, 1.165) is 18.9 Å². The van der Waals surface area contributed by atoms with E-state index in [2.05, 4.69) is 28.7 Å². The van der Waals surface area contributed by atoms with E-state index in [1.165, 1.54) is 6.20 Å². The number of carbonyl (C=O) groups is 1. The van der Waals surface area contributed by atoms with Crippen molar-refractivity contribution >= 4 is 11.6 Å². The monoisotopic (exact) mass is 294 g/mol. The highest BCUT2D eigenvalue weighted by Gasteiger charge is 2.23. The molecule has 2 heterocycles. The standard InChI is InChI=1S/C17H18N4O/c1-3-21(4-2)16-9-8-13(12-20-16)17(22)14(11-18)15-7-5-6-10-19-15/h5-10,12,14H,3-4H2,1-2H3/t14-/m1/s1. The van der Waals surface area contributed by atoms with Gasteiger partial charge in [-0.05, 0) is 38.1 Å². The van der Waals surface area contributed by atoms with Crippen molar-refractivity contribution in [1.29, 1.82) is 5.26 Å². The normalized spacial score (nSPS) is 11.5. The van der Waals surface area contributed by atoms with Gasteiger partial charge < -0.3 is 4.90 Å². The molecule has 0 spiro atoms. The third-order valence-corrected chi connectivity index (χ3v) is 3.49. The van der Waals surface area contributed by atoms with Gasteiger partial charge in [-0.25, -0.2) is 4.98 Å². The van der Waals surface area contributed by atoms with Crippen LogP contribution in [0.1, 0.15) is 35.8 Å². The van der Waals surface area contributed by atoms with Gasteiger partial charge in [-0.2, -0.15) is 5.26 Å². The summed E-state index contributed by atoms with van der Waals surface area (Å²) in [6, 6.07) is 10.8. The molecule has 0 aliphatic carbocycles. The lowest BCUT2D eigenvalue weighted by Crippen LogP contribution is -2.23. The van der Waals surface area contributed by atoms with Crippen LogP contribution >= 0.6 is 0 Å². The van der Waals surface area contributed by atoms with Crippen molar-refractivity contribution in [3.8, 4) is 6.07 Å². The number of aromatic nitrogens is 2. The SMILES string of the molecule is CCN(CC)c1ccc(C(=O)[C@H](C#N)c2ccccn2)cn1. The number of carbonyl (C=O) groups excluding carboxylic acids is 1. The molecular weight excluding hydrogens is 276 g/mol. The van der Waals surface area contributed by atoms with Gasteiger partial charge in [0.25, 0.3) is 0 Å². The van der Waals surface area contributed by atoms with Crippen LogP contribution in [0.15, 0.2) is 42.7 Å². The summed E-state index contributed by atoms with van der Waals surface area (Å²) in [6.07, 6.45) is 3.11. The molecule has 0 aliphatic rings. The maximum Gasteiger partial charge on any atom is 0.187 e. The first-order valence-electron chi connectivity index (χ1n) is 7.27. The average molecular weight is 294 g/mol. The Morgan fingerprint density at radius 3 is 2.50 bits per heavy atom. The van der Waals surface area contributed by atoms with Crippen molar-refractivity contribution in [2.24, 2.45) is 0 Å². The molecule has 0 aliphatic heterocycles. The Labute approximate surface area is 130 Å². The zero-order valence-corrected chi connectivity index (χ0v) is 12.7. The van der Waals surface area contributed by atoms with Crippen molar-refractivity contribution in [2.45, 2.75) is 19.8 Å². The molecule has 112 valence electrons. The Morgan fingerprint density at radius 2 is 2.00 bits per heavy atom. The van der Waals surface area contributed by atoms with E-state index < -0.39 is 5.92 Å². The second-order valence-corrected chi connectivity index (χ2v) is 4.76. The highest BCUT2D eigenvalue weighted by atomic mass is 16.1. The number of ketones is 1. The molecule has 0 unspecified atom stereocenters. The molecule has 0 N–H and O–H groups in total. The van der Waals surface area contributed by atoms with Gasteiger partial charge in [0.1, 0.15) is 5.82 Å². The van der Waals surface area contributed by atoms with Gasteiger partial charge in [-0.3, -0.25) is 9.78 Å². The topological polar surface area (TPSA) is 69.9 Å². The Bertz CT molecular complexity index is 657. The fourth-order valence-electron chi connectivity index (χ4n) is 2.24. The summed E-state index contributed by atoms with van der Waals surface area (Å²) in [4.78, 5) is 23.0. The number of hydrogen-bond acceptors (Lipinski definition) is 5. The molecule has 22 heavy (non-hydrogen) atoms. The van der Waals surface area contributed by atoms with Crippen molar-refractivity contribution in [3.63, 3.8) is 0 Å². The molecule has 0 bridgehead atoms.